The van der Waals surface area contributed by atoms with E-state index in [0.29, 0.717) is 11.3 Å². The Morgan fingerprint density at radius 3 is 2.95 bits per heavy atom. The molecule has 2 aromatic rings. The molecule has 0 bridgehead atoms. The fourth-order valence-corrected chi connectivity index (χ4v) is 2.25. The van der Waals surface area contributed by atoms with Gasteiger partial charge in [-0.3, -0.25) is 4.79 Å². The van der Waals surface area contributed by atoms with E-state index in [-0.39, 0.29) is 5.91 Å². The van der Waals surface area contributed by atoms with Crippen molar-refractivity contribution in [2.45, 2.75) is 13.0 Å². The van der Waals surface area contributed by atoms with Gasteiger partial charge in [0.25, 0.3) is 5.91 Å². The smallest absolute Gasteiger partial charge is 0.257 e. The molecular weight excluding hydrogens is 268 g/mol. The highest BCUT2D eigenvalue weighted by molar-refractivity contribution is 6.05. The maximum Gasteiger partial charge on any atom is 0.257 e. The van der Waals surface area contributed by atoms with Gasteiger partial charge in [0.2, 0.25) is 0 Å². The number of nitrogens with one attached hydrogen (secondary N) is 2. The van der Waals surface area contributed by atoms with Crippen LogP contribution in [-0.4, -0.2) is 41.3 Å². The molecule has 0 fully saturated rings. The van der Waals surface area contributed by atoms with Crippen molar-refractivity contribution in [3.8, 4) is 0 Å². The third-order valence-electron chi connectivity index (χ3n) is 3.40. The number of rotatable bonds is 3. The first-order chi connectivity index (χ1) is 10.1. The largest absolute Gasteiger partial charge is 0.368 e. The number of nitrogens with zero attached hydrogens (tertiary/aromatic N) is 4. The van der Waals surface area contributed by atoms with E-state index < -0.39 is 0 Å². The van der Waals surface area contributed by atoms with E-state index in [1.165, 1.54) is 0 Å². The first kappa shape index (κ1) is 13.4. The third-order valence-corrected chi connectivity index (χ3v) is 3.40. The van der Waals surface area contributed by atoms with Crippen molar-refractivity contribution in [2.24, 2.45) is 0 Å². The van der Waals surface area contributed by atoms with Gasteiger partial charge >= 0.3 is 0 Å². The van der Waals surface area contributed by atoms with Crippen LogP contribution in [0.2, 0.25) is 0 Å². The number of hydrogen-bond acceptors (Lipinski definition) is 5. The van der Waals surface area contributed by atoms with Gasteiger partial charge in [-0.05, 0) is 18.6 Å². The molecule has 0 radical (unpaired) electrons. The molecule has 1 aliphatic heterocycles. The lowest BCUT2D eigenvalue weighted by Gasteiger charge is -2.17. The second-order valence-corrected chi connectivity index (χ2v) is 5.16. The fraction of sp³-hybridized carbons (Fsp3) is 0.357. The second-order valence-electron chi connectivity index (χ2n) is 5.16. The van der Waals surface area contributed by atoms with Crippen LogP contribution in [0.25, 0.3) is 0 Å². The summed E-state index contributed by atoms with van der Waals surface area (Å²) in [5, 5.41) is 10.4. The van der Waals surface area contributed by atoms with Crippen molar-refractivity contribution in [2.75, 3.05) is 36.2 Å². The van der Waals surface area contributed by atoms with Crippen molar-refractivity contribution < 1.29 is 4.79 Å². The Kier molecular flexibility index (Phi) is 3.47. The number of carbonyl (C=O) groups is 1. The highest BCUT2D eigenvalue weighted by atomic mass is 16.1. The molecule has 0 unspecified atom stereocenters. The minimum atomic E-state index is -0.184. The van der Waals surface area contributed by atoms with Crippen LogP contribution < -0.4 is 15.5 Å². The molecule has 2 aromatic heterocycles. The molecule has 1 amide bonds. The van der Waals surface area contributed by atoms with Crippen molar-refractivity contribution in [3.05, 3.63) is 30.1 Å². The van der Waals surface area contributed by atoms with Crippen LogP contribution in [0, 0.1) is 0 Å². The summed E-state index contributed by atoms with van der Waals surface area (Å²) in [5.41, 5.74) is 1.23. The van der Waals surface area contributed by atoms with E-state index in [0.717, 1.165) is 31.1 Å². The van der Waals surface area contributed by atoms with Gasteiger partial charge in [-0.25, -0.2) is 9.67 Å². The summed E-state index contributed by atoms with van der Waals surface area (Å²) in [4.78, 5) is 18.4. The SMILES string of the molecule is CN(C)c1ccc(C(=O)Nc2cnn3c2NCCC3)cn1. The molecule has 2 N–H and O–H groups in total. The molecule has 0 saturated carbocycles. The summed E-state index contributed by atoms with van der Waals surface area (Å²) in [6.45, 7) is 1.77. The fourth-order valence-electron chi connectivity index (χ4n) is 2.25. The Hall–Kier alpha value is -2.57. The van der Waals surface area contributed by atoms with Gasteiger partial charge in [-0.15, -0.1) is 0 Å². The van der Waals surface area contributed by atoms with Gasteiger partial charge in [0.1, 0.15) is 17.3 Å². The van der Waals surface area contributed by atoms with E-state index in [1.54, 1.807) is 18.5 Å². The predicted molar refractivity (Wildman–Crippen MR) is 81.9 cm³/mol. The van der Waals surface area contributed by atoms with E-state index in [2.05, 4.69) is 20.7 Å². The summed E-state index contributed by atoms with van der Waals surface area (Å²) in [6.07, 6.45) is 4.29. The van der Waals surface area contributed by atoms with E-state index in [1.807, 2.05) is 29.7 Å². The van der Waals surface area contributed by atoms with Crippen LogP contribution in [-0.2, 0) is 6.54 Å². The minimum Gasteiger partial charge on any atom is -0.368 e. The van der Waals surface area contributed by atoms with Crippen LogP contribution in [0.15, 0.2) is 24.5 Å². The Morgan fingerprint density at radius 1 is 1.38 bits per heavy atom. The molecule has 0 atom stereocenters. The number of amides is 1. The number of pyridine rings is 1. The predicted octanol–water partition coefficient (Wildman–Crippen LogP) is 1.41. The normalized spacial score (nSPS) is 13.2. The number of anilines is 3. The van der Waals surface area contributed by atoms with Crippen molar-refractivity contribution in [3.63, 3.8) is 0 Å². The number of aromatic nitrogens is 3. The van der Waals surface area contributed by atoms with Crippen molar-refractivity contribution >= 4 is 23.2 Å². The Morgan fingerprint density at radius 2 is 2.24 bits per heavy atom. The summed E-state index contributed by atoms with van der Waals surface area (Å²) in [6, 6.07) is 3.58. The zero-order valence-electron chi connectivity index (χ0n) is 12.1. The van der Waals surface area contributed by atoms with E-state index >= 15 is 0 Å². The maximum absolute atomic E-state index is 12.2. The van der Waals surface area contributed by atoms with Crippen molar-refractivity contribution in [1.29, 1.82) is 0 Å². The molecule has 0 aliphatic carbocycles. The molecule has 3 heterocycles. The number of carbonyl (C=O) groups excluding carboxylic acids is 1. The molecule has 7 nitrogen and oxygen atoms in total. The highest BCUT2D eigenvalue weighted by Gasteiger charge is 2.16. The van der Waals surface area contributed by atoms with E-state index in [9.17, 15) is 4.79 Å². The standard InChI is InChI=1S/C14H18N6O/c1-19(2)12-5-4-10(8-16-12)14(21)18-11-9-17-20-7-3-6-15-13(11)20/h4-5,8-9,15H,3,6-7H2,1-2H3,(H,18,21). The van der Waals surface area contributed by atoms with Gasteiger partial charge in [0, 0.05) is 33.4 Å². The molecule has 21 heavy (non-hydrogen) atoms. The van der Waals surface area contributed by atoms with Crippen LogP contribution in [0.5, 0.6) is 0 Å². The lowest BCUT2D eigenvalue weighted by molar-refractivity contribution is 0.102. The number of hydrogen-bond donors (Lipinski definition) is 2. The molecule has 1 aliphatic rings. The second kappa shape index (κ2) is 5.43. The summed E-state index contributed by atoms with van der Waals surface area (Å²) < 4.78 is 1.87. The molecule has 110 valence electrons. The monoisotopic (exact) mass is 286 g/mol. The Bertz CT molecular complexity index is 646. The molecule has 0 saturated heterocycles. The van der Waals surface area contributed by atoms with Crippen LogP contribution >= 0.6 is 0 Å². The number of aryl methyl sites for hydroxylation is 1. The first-order valence-electron chi connectivity index (χ1n) is 6.89. The third kappa shape index (κ3) is 2.67. The topological polar surface area (TPSA) is 75.1 Å². The Balaban J connectivity index is 1.75. The van der Waals surface area contributed by atoms with Gasteiger partial charge < -0.3 is 15.5 Å². The van der Waals surface area contributed by atoms with Gasteiger partial charge in [0.15, 0.2) is 0 Å². The van der Waals surface area contributed by atoms with Crippen molar-refractivity contribution in [1.82, 2.24) is 14.8 Å². The highest BCUT2D eigenvalue weighted by Crippen LogP contribution is 2.24. The number of fused-ring (bicyclic) bond motifs is 1. The lowest BCUT2D eigenvalue weighted by atomic mass is 10.2. The van der Waals surface area contributed by atoms with Gasteiger partial charge in [0.05, 0.1) is 11.8 Å². The maximum atomic E-state index is 12.2. The van der Waals surface area contributed by atoms with Gasteiger partial charge in [-0.2, -0.15) is 5.10 Å². The van der Waals surface area contributed by atoms with Gasteiger partial charge in [-0.1, -0.05) is 0 Å². The first-order valence-corrected chi connectivity index (χ1v) is 6.89. The molecule has 7 heteroatoms. The van der Waals surface area contributed by atoms with E-state index in [4.69, 9.17) is 0 Å². The molecule has 0 spiro atoms. The molecular formula is C14H18N6O. The lowest BCUT2D eigenvalue weighted by Crippen LogP contribution is -2.20. The average Bonchev–Trinajstić information content (AvgIpc) is 2.91. The zero-order chi connectivity index (χ0) is 14.8. The quantitative estimate of drug-likeness (QED) is 0.892. The molecule has 0 aromatic carbocycles. The summed E-state index contributed by atoms with van der Waals surface area (Å²) >= 11 is 0. The Labute approximate surface area is 123 Å². The minimum absolute atomic E-state index is 0.184. The van der Waals surface area contributed by atoms with Crippen LogP contribution in [0.4, 0.5) is 17.3 Å². The summed E-state index contributed by atoms with van der Waals surface area (Å²) in [7, 11) is 3.82. The van der Waals surface area contributed by atoms with Crippen LogP contribution in [0.1, 0.15) is 16.8 Å². The zero-order valence-corrected chi connectivity index (χ0v) is 12.1. The molecule has 3 rings (SSSR count). The summed E-state index contributed by atoms with van der Waals surface area (Å²) in [5.74, 6) is 1.50. The average molecular weight is 286 g/mol. The van der Waals surface area contributed by atoms with Crippen LogP contribution in [0.3, 0.4) is 0 Å².